The highest BCUT2D eigenvalue weighted by Crippen LogP contribution is 2.64. The molecule has 0 radical (unpaired) electrons. The molecule has 0 heterocycles. The van der Waals surface area contributed by atoms with Gasteiger partial charge in [-0.15, -0.1) is 0 Å². The van der Waals surface area contributed by atoms with Gasteiger partial charge in [0.15, 0.2) is 23.0 Å². The Hall–Kier alpha value is -3.38. The maximum atomic E-state index is 14.4. The predicted octanol–water partition coefficient (Wildman–Crippen LogP) is 5.51. The second-order valence-electron chi connectivity index (χ2n) is 13.2. The van der Waals surface area contributed by atoms with Crippen LogP contribution in [0, 0.1) is 42.4 Å². The molecule has 5 rings (SSSR count). The first-order valence-electron chi connectivity index (χ1n) is 14.0. The molecule has 0 amide bonds. The van der Waals surface area contributed by atoms with Gasteiger partial charge in [0.2, 0.25) is 0 Å². The summed E-state index contributed by atoms with van der Waals surface area (Å²) >= 11 is 0. The van der Waals surface area contributed by atoms with Gasteiger partial charge in [-0.1, -0.05) is 74.2 Å². The van der Waals surface area contributed by atoms with Crippen molar-refractivity contribution < 1.29 is 29.4 Å². The van der Waals surface area contributed by atoms with Gasteiger partial charge in [-0.2, -0.15) is 0 Å². The van der Waals surface area contributed by atoms with Gasteiger partial charge in [0.1, 0.15) is 17.5 Å². The number of aryl methyl sites for hydroxylation is 2. The number of phenolic OH excluding ortho intramolecular Hbond substituents is 1. The molecule has 3 aliphatic carbocycles. The van der Waals surface area contributed by atoms with Crippen molar-refractivity contribution >= 4 is 23.1 Å². The van der Waals surface area contributed by atoms with E-state index in [1.807, 2.05) is 52.8 Å². The van der Waals surface area contributed by atoms with Gasteiger partial charge < -0.3 is 10.2 Å². The number of fused-ring (bicyclic) bond motifs is 3. The van der Waals surface area contributed by atoms with Gasteiger partial charge in [-0.3, -0.25) is 19.2 Å². The average Bonchev–Trinajstić information content (AvgIpc) is 2.80. The van der Waals surface area contributed by atoms with E-state index in [1.165, 1.54) is 13.0 Å². The molecule has 210 valence electrons. The summed E-state index contributed by atoms with van der Waals surface area (Å²) in [7, 11) is 0. The van der Waals surface area contributed by atoms with Crippen LogP contribution in [-0.4, -0.2) is 38.9 Å². The molecule has 0 aromatic heterocycles. The van der Waals surface area contributed by atoms with Gasteiger partial charge in [-0.05, 0) is 74.6 Å². The van der Waals surface area contributed by atoms with Gasteiger partial charge in [-0.25, -0.2) is 0 Å². The molecule has 1 fully saturated rings. The standard InChI is InChI=1S/C34H38O6/c1-16(2)27-19(5)25(20(6)35)30(38)34(40)31(39)28-29(37)26-23(14-32(28,7)15-33(27,34)8)22(9-10-24(26)36)21-12-17(3)11-18(4)13-21/h9-13,16,25,28,36,40H,14-15H2,1-8H3/t25?,28?,32-,33-,34+/m0/s1. The van der Waals surface area contributed by atoms with Crippen molar-refractivity contribution in [2.24, 2.45) is 28.6 Å². The van der Waals surface area contributed by atoms with Crippen molar-refractivity contribution in [3.8, 4) is 16.9 Å². The van der Waals surface area contributed by atoms with Crippen LogP contribution >= 0.6 is 0 Å². The second-order valence-corrected chi connectivity index (χ2v) is 13.2. The lowest BCUT2D eigenvalue weighted by Crippen LogP contribution is -2.73. The highest BCUT2D eigenvalue weighted by Gasteiger charge is 2.73. The van der Waals surface area contributed by atoms with Gasteiger partial charge in [0.05, 0.1) is 11.5 Å². The summed E-state index contributed by atoms with van der Waals surface area (Å²) in [6.07, 6.45) is 0.503. The number of carbonyl (C=O) groups is 4. The molecular formula is C34H38O6. The van der Waals surface area contributed by atoms with Crippen molar-refractivity contribution in [1.82, 2.24) is 0 Å². The number of carbonyl (C=O) groups excluding carboxylic acids is 4. The topological polar surface area (TPSA) is 109 Å². The quantitative estimate of drug-likeness (QED) is 0.391. The summed E-state index contributed by atoms with van der Waals surface area (Å²) < 4.78 is 0. The zero-order valence-corrected chi connectivity index (χ0v) is 24.6. The van der Waals surface area contributed by atoms with E-state index < -0.39 is 51.4 Å². The first kappa shape index (κ1) is 28.2. The fourth-order valence-corrected chi connectivity index (χ4v) is 8.74. The maximum absolute atomic E-state index is 14.4. The van der Waals surface area contributed by atoms with E-state index in [4.69, 9.17) is 0 Å². The number of allylic oxidation sites excluding steroid dienone is 1. The van der Waals surface area contributed by atoms with E-state index in [0.29, 0.717) is 17.6 Å². The molecule has 0 bridgehead atoms. The Morgan fingerprint density at radius 1 is 0.975 bits per heavy atom. The van der Waals surface area contributed by atoms with Crippen LogP contribution in [0.15, 0.2) is 41.5 Å². The number of aliphatic hydroxyl groups is 1. The third kappa shape index (κ3) is 3.51. The Kier molecular flexibility index (Phi) is 6.20. The molecule has 2 unspecified atom stereocenters. The van der Waals surface area contributed by atoms with Crippen LogP contribution in [0.1, 0.15) is 75.0 Å². The minimum Gasteiger partial charge on any atom is -0.507 e. The van der Waals surface area contributed by atoms with Crippen LogP contribution in [0.3, 0.4) is 0 Å². The summed E-state index contributed by atoms with van der Waals surface area (Å²) in [6, 6.07) is 9.42. The van der Waals surface area contributed by atoms with Crippen molar-refractivity contribution in [2.45, 2.75) is 73.8 Å². The first-order chi connectivity index (χ1) is 18.5. The smallest absolute Gasteiger partial charge is 0.192 e. The summed E-state index contributed by atoms with van der Waals surface area (Å²) in [5, 5.41) is 23.1. The number of phenols is 1. The van der Waals surface area contributed by atoms with Crippen LogP contribution in [0.4, 0.5) is 0 Å². The third-order valence-electron chi connectivity index (χ3n) is 9.84. The lowest BCUT2D eigenvalue weighted by atomic mass is 9.41. The second kappa shape index (κ2) is 8.81. The Morgan fingerprint density at radius 2 is 1.57 bits per heavy atom. The van der Waals surface area contributed by atoms with Crippen molar-refractivity contribution in [2.75, 3.05) is 0 Å². The molecule has 0 saturated heterocycles. The van der Waals surface area contributed by atoms with E-state index in [9.17, 15) is 29.4 Å². The summed E-state index contributed by atoms with van der Waals surface area (Å²) in [5.74, 6) is -5.67. The number of Topliss-reactive ketones (excluding diaryl/α,β-unsaturated/α-hetero) is 4. The number of benzene rings is 2. The summed E-state index contributed by atoms with van der Waals surface area (Å²) in [4.78, 5) is 55.3. The third-order valence-corrected chi connectivity index (χ3v) is 9.84. The van der Waals surface area contributed by atoms with Crippen molar-refractivity contribution in [1.29, 1.82) is 0 Å². The molecule has 3 aliphatic rings. The highest BCUT2D eigenvalue weighted by atomic mass is 16.3. The lowest BCUT2D eigenvalue weighted by Gasteiger charge is -2.60. The molecule has 6 nitrogen and oxygen atoms in total. The minimum absolute atomic E-state index is 0.0712. The van der Waals surface area contributed by atoms with Gasteiger partial charge in [0, 0.05) is 5.41 Å². The van der Waals surface area contributed by atoms with Gasteiger partial charge >= 0.3 is 0 Å². The normalized spacial score (nSPS) is 31.7. The van der Waals surface area contributed by atoms with Crippen LogP contribution in [0.2, 0.25) is 0 Å². The summed E-state index contributed by atoms with van der Waals surface area (Å²) in [5.41, 5.74) is 1.17. The van der Waals surface area contributed by atoms with E-state index in [-0.39, 0.29) is 23.7 Å². The zero-order chi connectivity index (χ0) is 29.7. The minimum atomic E-state index is -2.53. The van der Waals surface area contributed by atoms with Gasteiger partial charge in [0.25, 0.3) is 0 Å². The first-order valence-corrected chi connectivity index (χ1v) is 14.0. The van der Waals surface area contributed by atoms with Crippen LogP contribution < -0.4 is 0 Å². The number of rotatable bonds is 3. The number of hydrogen-bond acceptors (Lipinski definition) is 6. The van der Waals surface area contributed by atoms with Crippen molar-refractivity contribution in [3.63, 3.8) is 0 Å². The molecule has 2 aromatic carbocycles. The number of hydrogen-bond donors (Lipinski definition) is 2. The Labute approximate surface area is 235 Å². The Bertz CT molecular complexity index is 1540. The molecule has 2 N–H and O–H groups in total. The molecule has 5 atom stereocenters. The fraction of sp³-hybridized carbons (Fsp3) is 0.471. The molecule has 6 heteroatoms. The van der Waals surface area contributed by atoms with Crippen LogP contribution in [0.25, 0.3) is 11.1 Å². The summed E-state index contributed by atoms with van der Waals surface area (Å²) in [6.45, 7) is 14.6. The molecule has 0 aliphatic heterocycles. The van der Waals surface area contributed by atoms with E-state index in [1.54, 1.807) is 13.8 Å². The van der Waals surface area contributed by atoms with E-state index >= 15 is 0 Å². The Balaban J connectivity index is 1.78. The van der Waals surface area contributed by atoms with E-state index in [0.717, 1.165) is 27.8 Å². The molecule has 1 saturated carbocycles. The number of ketones is 4. The molecule has 2 aromatic rings. The lowest BCUT2D eigenvalue weighted by molar-refractivity contribution is -0.183. The van der Waals surface area contributed by atoms with Crippen molar-refractivity contribution in [3.05, 3.63) is 63.7 Å². The molecular weight excluding hydrogens is 504 g/mol. The maximum Gasteiger partial charge on any atom is 0.192 e. The highest BCUT2D eigenvalue weighted by molar-refractivity contribution is 6.27. The fourth-order valence-electron chi connectivity index (χ4n) is 8.74. The molecule has 0 spiro atoms. The average molecular weight is 543 g/mol. The molecule has 40 heavy (non-hydrogen) atoms. The monoisotopic (exact) mass is 542 g/mol. The largest absolute Gasteiger partial charge is 0.507 e. The number of aromatic hydroxyl groups is 1. The zero-order valence-electron chi connectivity index (χ0n) is 24.6. The van der Waals surface area contributed by atoms with Crippen LogP contribution in [-0.2, 0) is 20.8 Å². The van der Waals surface area contributed by atoms with E-state index in [2.05, 4.69) is 6.07 Å². The Morgan fingerprint density at radius 3 is 2.12 bits per heavy atom. The van der Waals surface area contributed by atoms with Crippen LogP contribution in [0.5, 0.6) is 5.75 Å². The SMILES string of the molecule is CC(=O)C1C(=O)[C@@]2(O)C(=O)C3C(=O)c4c(O)ccc(-c5cc(C)cc(C)c5)c4C[C@@]3(C)C[C@@]2(C)C(C(C)C)=C1C. The predicted molar refractivity (Wildman–Crippen MR) is 152 cm³/mol.